The number of nitrogens with two attached hydrogens (primary N) is 1. The number of rotatable bonds is 2. The van der Waals surface area contributed by atoms with Crippen LogP contribution in [0.3, 0.4) is 0 Å². The Labute approximate surface area is 131 Å². The van der Waals surface area contributed by atoms with Crippen LogP contribution >= 0.6 is 11.6 Å². The summed E-state index contributed by atoms with van der Waals surface area (Å²) in [4.78, 5) is 12.3. The number of nitrogen functional groups attached to an aromatic ring is 1. The molecule has 2 N–H and O–H groups in total. The van der Waals surface area contributed by atoms with Crippen LogP contribution in [0.25, 0.3) is 10.9 Å². The number of fused-ring (bicyclic) bond motifs is 1. The quantitative estimate of drug-likeness (QED) is 0.784. The molecule has 0 atom stereocenters. The van der Waals surface area contributed by atoms with Gasteiger partial charge in [0.1, 0.15) is 11.5 Å². The summed E-state index contributed by atoms with van der Waals surface area (Å²) < 4.78 is 11.5. The Kier molecular flexibility index (Phi) is 3.60. The van der Waals surface area contributed by atoms with Gasteiger partial charge in [-0.05, 0) is 36.4 Å². The van der Waals surface area contributed by atoms with Crippen LogP contribution in [0, 0.1) is 0 Å². The van der Waals surface area contributed by atoms with E-state index in [1.807, 2.05) is 0 Å². The highest BCUT2D eigenvalue weighted by molar-refractivity contribution is 6.30. The highest BCUT2D eigenvalue weighted by atomic mass is 35.5. The lowest BCUT2D eigenvalue weighted by molar-refractivity contribution is 0.200. The monoisotopic (exact) mass is 317 g/mol. The molecule has 112 valence electrons. The van der Waals surface area contributed by atoms with Crippen LogP contribution in [-0.2, 0) is 0 Å². The zero-order valence-corrected chi connectivity index (χ0v) is 12.4. The lowest BCUT2D eigenvalue weighted by Gasteiger charge is -2.05. The van der Waals surface area contributed by atoms with Crippen molar-refractivity contribution >= 4 is 34.4 Å². The molecule has 7 heteroatoms. The zero-order valence-electron chi connectivity index (χ0n) is 11.6. The molecule has 1 aromatic heterocycles. The first kappa shape index (κ1) is 14.2. The Bertz CT molecular complexity index is 843. The molecule has 1 heterocycles. The van der Waals surface area contributed by atoms with Gasteiger partial charge in [-0.1, -0.05) is 11.6 Å². The minimum Gasteiger partial charge on any atom is -0.497 e. The van der Waals surface area contributed by atoms with Crippen LogP contribution in [0.4, 0.5) is 10.6 Å². The molecule has 0 bridgehead atoms. The van der Waals surface area contributed by atoms with Crippen molar-refractivity contribution in [3.63, 3.8) is 0 Å². The van der Waals surface area contributed by atoms with Gasteiger partial charge in [0, 0.05) is 16.5 Å². The molecule has 0 saturated heterocycles. The molecule has 0 spiro atoms. The maximum Gasteiger partial charge on any atom is 0.440 e. The van der Waals surface area contributed by atoms with E-state index in [1.54, 1.807) is 42.5 Å². The number of nitrogens with zero attached hydrogens (tertiary/aromatic N) is 2. The van der Waals surface area contributed by atoms with Gasteiger partial charge in [0.25, 0.3) is 0 Å². The number of halogens is 1. The van der Waals surface area contributed by atoms with E-state index in [-0.39, 0.29) is 5.82 Å². The molecule has 0 aliphatic rings. The van der Waals surface area contributed by atoms with E-state index in [0.717, 1.165) is 4.68 Å². The number of carbonyl (C=O) groups is 1. The number of ether oxygens (including phenoxy) is 2. The Hall–Kier alpha value is -2.73. The number of methoxy groups -OCH3 is 1. The van der Waals surface area contributed by atoms with Crippen molar-refractivity contribution in [2.75, 3.05) is 12.8 Å². The summed E-state index contributed by atoms with van der Waals surface area (Å²) in [6, 6.07) is 11.6. The molecule has 0 saturated carbocycles. The highest BCUT2D eigenvalue weighted by Crippen LogP contribution is 2.25. The molecule has 6 nitrogen and oxygen atoms in total. The first-order valence-corrected chi connectivity index (χ1v) is 6.76. The van der Waals surface area contributed by atoms with Crippen molar-refractivity contribution in [2.45, 2.75) is 0 Å². The summed E-state index contributed by atoms with van der Waals surface area (Å²) in [5, 5.41) is 5.22. The summed E-state index contributed by atoms with van der Waals surface area (Å²) in [7, 11) is 1.54. The van der Waals surface area contributed by atoms with Gasteiger partial charge in [-0.15, -0.1) is 5.10 Å². The molecule has 3 aromatic rings. The third kappa shape index (κ3) is 2.56. The van der Waals surface area contributed by atoms with Gasteiger partial charge in [0.2, 0.25) is 0 Å². The maximum absolute atomic E-state index is 12.3. The lowest BCUT2D eigenvalue weighted by atomic mass is 10.2. The van der Waals surface area contributed by atoms with E-state index < -0.39 is 6.09 Å². The van der Waals surface area contributed by atoms with Crippen molar-refractivity contribution in [3.05, 3.63) is 47.5 Å². The van der Waals surface area contributed by atoms with Crippen LogP contribution in [0.1, 0.15) is 0 Å². The fourth-order valence-corrected chi connectivity index (χ4v) is 2.16. The molecule has 0 unspecified atom stereocenters. The number of hydrogen-bond acceptors (Lipinski definition) is 5. The fraction of sp³-hybridized carbons (Fsp3) is 0.0667. The third-order valence-electron chi connectivity index (χ3n) is 3.11. The Morgan fingerprint density at radius 2 is 1.86 bits per heavy atom. The molecule has 22 heavy (non-hydrogen) atoms. The van der Waals surface area contributed by atoms with E-state index in [2.05, 4.69) is 5.10 Å². The summed E-state index contributed by atoms with van der Waals surface area (Å²) in [5.74, 6) is 1.19. The summed E-state index contributed by atoms with van der Waals surface area (Å²) in [6.45, 7) is 0. The standard InChI is InChI=1S/C15H12ClN3O3/c1-21-11-6-7-12-13(8-11)19(18-14(12)17)15(20)22-10-4-2-9(16)3-5-10/h2-8H,1H3,(H2,17,18). The van der Waals surface area contributed by atoms with Crippen LogP contribution in [0.5, 0.6) is 11.5 Å². The van der Waals surface area contributed by atoms with E-state index in [1.165, 1.54) is 7.11 Å². The second-order valence-corrected chi connectivity index (χ2v) is 4.94. The van der Waals surface area contributed by atoms with Crippen LogP contribution in [0.2, 0.25) is 5.02 Å². The predicted molar refractivity (Wildman–Crippen MR) is 83.6 cm³/mol. The smallest absolute Gasteiger partial charge is 0.440 e. The average Bonchev–Trinajstić information content (AvgIpc) is 2.86. The molecular formula is C15H12ClN3O3. The molecule has 0 fully saturated rings. The topological polar surface area (TPSA) is 79.4 Å². The van der Waals surface area contributed by atoms with Gasteiger partial charge in [-0.2, -0.15) is 4.68 Å². The summed E-state index contributed by atoms with van der Waals surface area (Å²) in [6.07, 6.45) is -0.669. The SMILES string of the molecule is COc1ccc2c(N)nn(C(=O)Oc3ccc(Cl)cc3)c2c1. The van der Waals surface area contributed by atoms with Crippen LogP contribution < -0.4 is 15.2 Å². The molecule has 0 amide bonds. The molecule has 2 aromatic carbocycles. The van der Waals surface area contributed by atoms with E-state index in [0.29, 0.717) is 27.4 Å². The van der Waals surface area contributed by atoms with Gasteiger partial charge < -0.3 is 15.2 Å². The van der Waals surface area contributed by atoms with E-state index in [4.69, 9.17) is 26.8 Å². The Morgan fingerprint density at radius 1 is 1.18 bits per heavy atom. The van der Waals surface area contributed by atoms with E-state index >= 15 is 0 Å². The molecule has 0 radical (unpaired) electrons. The largest absolute Gasteiger partial charge is 0.497 e. The number of hydrogen-bond donors (Lipinski definition) is 1. The fourth-order valence-electron chi connectivity index (χ4n) is 2.03. The van der Waals surface area contributed by atoms with Gasteiger partial charge in [0.15, 0.2) is 5.82 Å². The lowest BCUT2D eigenvalue weighted by Crippen LogP contribution is -2.18. The summed E-state index contributed by atoms with van der Waals surface area (Å²) in [5.41, 5.74) is 6.33. The van der Waals surface area contributed by atoms with Crippen LogP contribution in [-0.4, -0.2) is 23.0 Å². The molecule has 0 aliphatic heterocycles. The van der Waals surface area contributed by atoms with Crippen molar-refractivity contribution in [2.24, 2.45) is 0 Å². The molecule has 3 rings (SSSR count). The number of anilines is 1. The van der Waals surface area contributed by atoms with Crippen LogP contribution in [0.15, 0.2) is 42.5 Å². The van der Waals surface area contributed by atoms with Crippen molar-refractivity contribution in [1.29, 1.82) is 0 Å². The second kappa shape index (κ2) is 5.57. The van der Waals surface area contributed by atoms with Gasteiger partial charge in [-0.3, -0.25) is 0 Å². The highest BCUT2D eigenvalue weighted by Gasteiger charge is 2.16. The Balaban J connectivity index is 1.98. The number of carbonyl (C=O) groups excluding carboxylic acids is 1. The van der Waals surface area contributed by atoms with Crippen molar-refractivity contribution in [1.82, 2.24) is 9.78 Å². The van der Waals surface area contributed by atoms with Crippen molar-refractivity contribution in [3.8, 4) is 11.5 Å². The Morgan fingerprint density at radius 3 is 2.55 bits per heavy atom. The number of benzene rings is 2. The maximum atomic E-state index is 12.3. The van der Waals surface area contributed by atoms with E-state index in [9.17, 15) is 4.79 Å². The zero-order chi connectivity index (χ0) is 15.7. The first-order chi connectivity index (χ1) is 10.6. The molecular weight excluding hydrogens is 306 g/mol. The molecule has 0 aliphatic carbocycles. The first-order valence-electron chi connectivity index (χ1n) is 6.38. The van der Waals surface area contributed by atoms with Crippen molar-refractivity contribution < 1.29 is 14.3 Å². The predicted octanol–water partition coefficient (Wildman–Crippen LogP) is 3.33. The minimum atomic E-state index is -0.669. The second-order valence-electron chi connectivity index (χ2n) is 4.50. The number of aromatic nitrogens is 2. The normalized spacial score (nSPS) is 10.6. The average molecular weight is 318 g/mol. The van der Waals surface area contributed by atoms with Gasteiger partial charge in [-0.25, -0.2) is 4.79 Å². The van der Waals surface area contributed by atoms with Gasteiger partial charge in [0.05, 0.1) is 12.6 Å². The third-order valence-corrected chi connectivity index (χ3v) is 3.36. The summed E-state index contributed by atoms with van der Waals surface area (Å²) >= 11 is 5.79. The minimum absolute atomic E-state index is 0.241. The van der Waals surface area contributed by atoms with Gasteiger partial charge >= 0.3 is 6.09 Å².